The Morgan fingerprint density at radius 1 is 1.50 bits per heavy atom. The summed E-state index contributed by atoms with van der Waals surface area (Å²) >= 11 is 0. The molecule has 0 unspecified atom stereocenters. The highest BCUT2D eigenvalue weighted by molar-refractivity contribution is 5.77. The van der Waals surface area contributed by atoms with Crippen LogP contribution >= 0.6 is 0 Å². The van der Waals surface area contributed by atoms with Crippen LogP contribution < -0.4 is 11.1 Å². The molecule has 16 heavy (non-hydrogen) atoms. The van der Waals surface area contributed by atoms with Gasteiger partial charge in [0.05, 0.1) is 6.67 Å². The Labute approximate surface area is 94.8 Å². The fourth-order valence-corrected chi connectivity index (χ4v) is 1.18. The first-order valence-electron chi connectivity index (χ1n) is 5.32. The molecular formula is C11H17FN4. The number of pyridine rings is 1. The van der Waals surface area contributed by atoms with Crippen LogP contribution in [0, 0.1) is 0 Å². The molecule has 0 fully saturated rings. The lowest BCUT2D eigenvalue weighted by Crippen LogP contribution is -2.33. The molecule has 0 aliphatic carbocycles. The lowest BCUT2D eigenvalue weighted by Gasteiger charge is -2.04. The molecule has 88 valence electrons. The summed E-state index contributed by atoms with van der Waals surface area (Å²) in [5, 5.41) is 2.96. The van der Waals surface area contributed by atoms with Crippen molar-refractivity contribution in [1.29, 1.82) is 0 Å². The molecule has 5 heteroatoms. The van der Waals surface area contributed by atoms with Crippen LogP contribution in [0.4, 0.5) is 4.39 Å². The molecule has 3 N–H and O–H groups in total. The highest BCUT2D eigenvalue weighted by Gasteiger charge is 1.94. The van der Waals surface area contributed by atoms with Gasteiger partial charge in [-0.1, -0.05) is 6.07 Å². The maximum atomic E-state index is 11.8. The van der Waals surface area contributed by atoms with E-state index in [0.29, 0.717) is 25.5 Å². The van der Waals surface area contributed by atoms with E-state index < -0.39 is 0 Å². The van der Waals surface area contributed by atoms with E-state index >= 15 is 0 Å². The molecule has 0 amide bonds. The zero-order valence-electron chi connectivity index (χ0n) is 9.19. The summed E-state index contributed by atoms with van der Waals surface area (Å²) in [5.74, 6) is 0.365. The standard InChI is InChI=1S/C11H17FN4/c12-6-3-8-15-11(13)16-9-5-10-4-1-2-7-14-10/h1-2,4,7H,3,5-6,8-9H2,(H3,13,15,16). The topological polar surface area (TPSA) is 63.3 Å². The number of rotatable bonds is 6. The van der Waals surface area contributed by atoms with Gasteiger partial charge < -0.3 is 11.1 Å². The van der Waals surface area contributed by atoms with Gasteiger partial charge in [0, 0.05) is 31.4 Å². The number of nitrogens with zero attached hydrogens (tertiary/aromatic N) is 2. The van der Waals surface area contributed by atoms with E-state index in [4.69, 9.17) is 5.73 Å². The molecule has 0 spiro atoms. The Kier molecular flexibility index (Phi) is 5.91. The Morgan fingerprint density at radius 3 is 3.06 bits per heavy atom. The molecule has 1 heterocycles. The maximum absolute atomic E-state index is 11.8. The zero-order valence-corrected chi connectivity index (χ0v) is 9.19. The first kappa shape index (κ1) is 12.4. The number of hydrogen-bond acceptors (Lipinski definition) is 2. The largest absolute Gasteiger partial charge is 0.370 e. The number of hydrogen-bond donors (Lipinski definition) is 2. The number of nitrogens with one attached hydrogen (secondary N) is 1. The van der Waals surface area contributed by atoms with Crippen molar-refractivity contribution < 1.29 is 4.39 Å². The molecule has 0 radical (unpaired) electrons. The minimum atomic E-state index is -0.356. The summed E-state index contributed by atoms with van der Waals surface area (Å²) in [4.78, 5) is 8.15. The van der Waals surface area contributed by atoms with Crippen LogP contribution in [0.15, 0.2) is 29.4 Å². The first-order valence-corrected chi connectivity index (χ1v) is 5.32. The van der Waals surface area contributed by atoms with Crippen LogP contribution in [0.5, 0.6) is 0 Å². The Bertz CT molecular complexity index is 313. The average molecular weight is 224 g/mol. The fourth-order valence-electron chi connectivity index (χ4n) is 1.18. The summed E-state index contributed by atoms with van der Waals surface area (Å²) in [5.41, 5.74) is 6.58. The summed E-state index contributed by atoms with van der Waals surface area (Å²) < 4.78 is 11.8. The normalized spacial score (nSPS) is 11.4. The van der Waals surface area contributed by atoms with Gasteiger partial charge in [-0.15, -0.1) is 0 Å². The number of guanidine groups is 1. The molecule has 0 aliphatic rings. The second-order valence-corrected chi connectivity index (χ2v) is 3.31. The SMILES string of the molecule is NC(=NCCCF)NCCc1ccccn1. The van der Waals surface area contributed by atoms with Crippen molar-refractivity contribution in [2.45, 2.75) is 12.8 Å². The monoisotopic (exact) mass is 224 g/mol. The van der Waals surface area contributed by atoms with Crippen LogP contribution in [-0.4, -0.2) is 30.7 Å². The zero-order chi connectivity index (χ0) is 11.6. The summed E-state index contributed by atoms with van der Waals surface area (Å²) in [6.07, 6.45) is 2.97. The Morgan fingerprint density at radius 2 is 2.38 bits per heavy atom. The molecule has 0 saturated carbocycles. The van der Waals surface area contributed by atoms with E-state index in [9.17, 15) is 4.39 Å². The minimum Gasteiger partial charge on any atom is -0.370 e. The summed E-state index contributed by atoms with van der Waals surface area (Å²) in [6.45, 7) is 0.756. The molecule has 0 atom stereocenters. The van der Waals surface area contributed by atoms with E-state index in [1.54, 1.807) is 6.20 Å². The maximum Gasteiger partial charge on any atom is 0.188 e. The molecule has 0 saturated heterocycles. The smallest absolute Gasteiger partial charge is 0.188 e. The summed E-state index contributed by atoms with van der Waals surface area (Å²) in [6, 6.07) is 5.78. The van der Waals surface area contributed by atoms with Crippen molar-refractivity contribution in [2.24, 2.45) is 10.7 Å². The van der Waals surface area contributed by atoms with Crippen LogP contribution in [0.3, 0.4) is 0 Å². The van der Waals surface area contributed by atoms with Crippen LogP contribution in [0.25, 0.3) is 0 Å². The highest BCUT2D eigenvalue weighted by Crippen LogP contribution is 1.92. The van der Waals surface area contributed by atoms with Gasteiger partial charge in [0.2, 0.25) is 0 Å². The van der Waals surface area contributed by atoms with Crippen LogP contribution in [0.1, 0.15) is 12.1 Å². The van der Waals surface area contributed by atoms with Gasteiger partial charge in [-0.25, -0.2) is 0 Å². The Hall–Kier alpha value is -1.65. The van der Waals surface area contributed by atoms with Gasteiger partial charge in [0.1, 0.15) is 0 Å². The number of aliphatic imine (C=N–C) groups is 1. The van der Waals surface area contributed by atoms with E-state index in [1.165, 1.54) is 0 Å². The molecule has 1 rings (SSSR count). The third-order valence-electron chi connectivity index (χ3n) is 1.99. The van der Waals surface area contributed by atoms with E-state index in [-0.39, 0.29) is 6.67 Å². The lowest BCUT2D eigenvalue weighted by molar-refractivity contribution is 0.477. The van der Waals surface area contributed by atoms with Gasteiger partial charge in [0.15, 0.2) is 5.96 Å². The van der Waals surface area contributed by atoms with E-state index in [0.717, 1.165) is 12.1 Å². The molecule has 0 bridgehead atoms. The second kappa shape index (κ2) is 7.62. The number of halogens is 1. The highest BCUT2D eigenvalue weighted by atomic mass is 19.1. The van der Waals surface area contributed by atoms with Crippen molar-refractivity contribution in [3.8, 4) is 0 Å². The first-order chi connectivity index (χ1) is 7.83. The lowest BCUT2D eigenvalue weighted by atomic mass is 10.3. The minimum absolute atomic E-state index is 0.356. The van der Waals surface area contributed by atoms with Gasteiger partial charge in [-0.05, 0) is 18.6 Å². The van der Waals surface area contributed by atoms with Gasteiger partial charge >= 0.3 is 0 Å². The molecule has 1 aromatic rings. The quantitative estimate of drug-likeness (QED) is 0.428. The van der Waals surface area contributed by atoms with Gasteiger partial charge in [0.25, 0.3) is 0 Å². The molecule has 0 aliphatic heterocycles. The van der Waals surface area contributed by atoms with Crippen molar-refractivity contribution in [1.82, 2.24) is 10.3 Å². The van der Waals surface area contributed by atoms with Crippen molar-refractivity contribution in [2.75, 3.05) is 19.8 Å². The van der Waals surface area contributed by atoms with Gasteiger partial charge in [-0.3, -0.25) is 14.4 Å². The summed E-state index contributed by atoms with van der Waals surface area (Å²) in [7, 11) is 0. The van der Waals surface area contributed by atoms with E-state index in [2.05, 4.69) is 15.3 Å². The number of alkyl halides is 1. The van der Waals surface area contributed by atoms with Crippen molar-refractivity contribution in [3.05, 3.63) is 30.1 Å². The molecule has 1 aromatic heterocycles. The van der Waals surface area contributed by atoms with Crippen molar-refractivity contribution in [3.63, 3.8) is 0 Å². The molecule has 0 aromatic carbocycles. The third-order valence-corrected chi connectivity index (χ3v) is 1.99. The average Bonchev–Trinajstić information content (AvgIpc) is 2.31. The number of aromatic nitrogens is 1. The molecular weight excluding hydrogens is 207 g/mol. The van der Waals surface area contributed by atoms with Crippen molar-refractivity contribution >= 4 is 5.96 Å². The fraction of sp³-hybridized carbons (Fsp3) is 0.455. The van der Waals surface area contributed by atoms with Crippen LogP contribution in [-0.2, 0) is 6.42 Å². The second-order valence-electron chi connectivity index (χ2n) is 3.31. The van der Waals surface area contributed by atoms with E-state index in [1.807, 2.05) is 18.2 Å². The Balaban J connectivity index is 2.18. The van der Waals surface area contributed by atoms with Crippen LogP contribution in [0.2, 0.25) is 0 Å². The number of nitrogens with two attached hydrogens (primary N) is 1. The third kappa shape index (κ3) is 5.29. The molecule has 4 nitrogen and oxygen atoms in total. The predicted octanol–water partition coefficient (Wildman–Crippen LogP) is 0.888. The van der Waals surface area contributed by atoms with Gasteiger partial charge in [-0.2, -0.15) is 0 Å². The predicted molar refractivity (Wildman–Crippen MR) is 63.0 cm³/mol.